The molecule has 2 aromatic rings. The summed E-state index contributed by atoms with van der Waals surface area (Å²) in [5, 5.41) is 4.53. The predicted octanol–water partition coefficient (Wildman–Crippen LogP) is 1.30. The third kappa shape index (κ3) is 2.81. The van der Waals surface area contributed by atoms with Crippen LogP contribution in [0.15, 0.2) is 0 Å². The molecule has 0 aromatic carbocycles. The summed E-state index contributed by atoms with van der Waals surface area (Å²) >= 11 is 5.93. The van der Waals surface area contributed by atoms with E-state index < -0.39 is 0 Å². The van der Waals surface area contributed by atoms with E-state index in [4.69, 9.17) is 11.6 Å². The molecule has 0 saturated carbocycles. The standard InChI is InChI=1S/C11H16ClN7/c1-5-7-13-8(6-2)19(17-7)11-15-9(12)14-10(16-11)18(3)4/h5-6H2,1-4H3. The van der Waals surface area contributed by atoms with Crippen molar-refractivity contribution in [3.05, 3.63) is 16.9 Å². The minimum Gasteiger partial charge on any atom is -0.347 e. The third-order valence-corrected chi connectivity index (χ3v) is 2.69. The molecule has 102 valence electrons. The number of rotatable bonds is 4. The maximum atomic E-state index is 5.93. The summed E-state index contributed by atoms with van der Waals surface area (Å²) < 4.78 is 1.62. The van der Waals surface area contributed by atoms with Gasteiger partial charge in [0.1, 0.15) is 5.82 Å². The van der Waals surface area contributed by atoms with E-state index in [1.54, 1.807) is 9.58 Å². The second-order valence-electron chi connectivity index (χ2n) is 4.16. The van der Waals surface area contributed by atoms with Crippen molar-refractivity contribution in [1.29, 1.82) is 0 Å². The minimum atomic E-state index is 0.143. The smallest absolute Gasteiger partial charge is 0.258 e. The Morgan fingerprint density at radius 2 is 1.79 bits per heavy atom. The lowest BCUT2D eigenvalue weighted by atomic mass is 10.4. The molecule has 0 bridgehead atoms. The Hall–Kier alpha value is -1.76. The first kappa shape index (κ1) is 13.7. The first-order valence-electron chi connectivity index (χ1n) is 6.09. The van der Waals surface area contributed by atoms with E-state index in [2.05, 4.69) is 25.0 Å². The summed E-state index contributed by atoms with van der Waals surface area (Å²) in [6, 6.07) is 0. The van der Waals surface area contributed by atoms with Crippen molar-refractivity contribution in [3.8, 4) is 5.95 Å². The Balaban J connectivity index is 2.54. The van der Waals surface area contributed by atoms with Crippen molar-refractivity contribution >= 4 is 17.5 Å². The number of aryl methyl sites for hydroxylation is 2. The van der Waals surface area contributed by atoms with Gasteiger partial charge in [-0.15, -0.1) is 5.10 Å². The van der Waals surface area contributed by atoms with Crippen LogP contribution in [0, 0.1) is 0 Å². The van der Waals surface area contributed by atoms with Crippen molar-refractivity contribution in [2.24, 2.45) is 0 Å². The van der Waals surface area contributed by atoms with Gasteiger partial charge in [-0.3, -0.25) is 0 Å². The van der Waals surface area contributed by atoms with Gasteiger partial charge in [-0.2, -0.15) is 19.6 Å². The van der Waals surface area contributed by atoms with Crippen LogP contribution in [0.3, 0.4) is 0 Å². The molecule has 0 amide bonds. The highest BCUT2D eigenvalue weighted by Gasteiger charge is 2.14. The molecule has 0 N–H and O–H groups in total. The molecule has 0 spiro atoms. The summed E-state index contributed by atoms with van der Waals surface area (Å²) in [4.78, 5) is 18.7. The van der Waals surface area contributed by atoms with Crippen molar-refractivity contribution in [1.82, 2.24) is 29.7 Å². The lowest BCUT2D eigenvalue weighted by Crippen LogP contribution is -2.16. The number of hydrogen-bond acceptors (Lipinski definition) is 6. The van der Waals surface area contributed by atoms with E-state index in [9.17, 15) is 0 Å². The van der Waals surface area contributed by atoms with Crippen LogP contribution in [0.1, 0.15) is 25.5 Å². The zero-order valence-electron chi connectivity index (χ0n) is 11.4. The molecule has 2 rings (SSSR count). The van der Waals surface area contributed by atoms with Crippen molar-refractivity contribution in [2.75, 3.05) is 19.0 Å². The fourth-order valence-electron chi connectivity index (χ4n) is 1.55. The van der Waals surface area contributed by atoms with Crippen LogP contribution in [-0.4, -0.2) is 43.8 Å². The summed E-state index contributed by atoms with van der Waals surface area (Å²) in [5.41, 5.74) is 0. The molecule has 8 heteroatoms. The second kappa shape index (κ2) is 5.48. The third-order valence-electron chi connectivity index (χ3n) is 2.52. The molecule has 0 atom stereocenters. The molecule has 0 saturated heterocycles. The molecular formula is C11H16ClN7. The first-order valence-corrected chi connectivity index (χ1v) is 6.47. The van der Waals surface area contributed by atoms with Crippen LogP contribution in [0.5, 0.6) is 0 Å². The maximum Gasteiger partial charge on any atom is 0.258 e. The van der Waals surface area contributed by atoms with E-state index in [0.717, 1.165) is 24.5 Å². The number of anilines is 1. The Bertz CT molecular complexity index is 578. The highest BCUT2D eigenvalue weighted by molar-refractivity contribution is 6.28. The molecular weight excluding hydrogens is 266 g/mol. The molecule has 0 unspecified atom stereocenters. The molecule has 0 aliphatic rings. The highest BCUT2D eigenvalue weighted by Crippen LogP contribution is 2.13. The van der Waals surface area contributed by atoms with Gasteiger partial charge in [-0.1, -0.05) is 13.8 Å². The molecule has 2 heterocycles. The van der Waals surface area contributed by atoms with Crippen LogP contribution < -0.4 is 4.90 Å². The van der Waals surface area contributed by atoms with E-state index in [1.165, 1.54) is 0 Å². The fourth-order valence-corrected chi connectivity index (χ4v) is 1.71. The summed E-state index contributed by atoms with van der Waals surface area (Å²) in [6.07, 6.45) is 1.51. The van der Waals surface area contributed by atoms with E-state index >= 15 is 0 Å². The summed E-state index contributed by atoms with van der Waals surface area (Å²) in [5.74, 6) is 2.46. The highest BCUT2D eigenvalue weighted by atomic mass is 35.5. The zero-order chi connectivity index (χ0) is 14.0. The predicted molar refractivity (Wildman–Crippen MR) is 72.8 cm³/mol. The Labute approximate surface area is 116 Å². The fraction of sp³-hybridized carbons (Fsp3) is 0.545. The molecule has 0 aliphatic heterocycles. The minimum absolute atomic E-state index is 0.143. The van der Waals surface area contributed by atoms with Crippen LogP contribution in [-0.2, 0) is 12.8 Å². The molecule has 0 radical (unpaired) electrons. The van der Waals surface area contributed by atoms with E-state index in [0.29, 0.717) is 11.9 Å². The van der Waals surface area contributed by atoms with Crippen molar-refractivity contribution < 1.29 is 0 Å². The maximum absolute atomic E-state index is 5.93. The van der Waals surface area contributed by atoms with Crippen LogP contribution in [0.4, 0.5) is 5.95 Å². The zero-order valence-corrected chi connectivity index (χ0v) is 12.2. The van der Waals surface area contributed by atoms with Gasteiger partial charge in [0, 0.05) is 26.9 Å². The van der Waals surface area contributed by atoms with Gasteiger partial charge in [0.2, 0.25) is 11.2 Å². The number of aromatic nitrogens is 6. The largest absolute Gasteiger partial charge is 0.347 e. The van der Waals surface area contributed by atoms with Gasteiger partial charge in [-0.25, -0.2) is 4.98 Å². The Morgan fingerprint density at radius 3 is 2.37 bits per heavy atom. The van der Waals surface area contributed by atoms with E-state index in [-0.39, 0.29) is 5.28 Å². The van der Waals surface area contributed by atoms with Crippen molar-refractivity contribution in [3.63, 3.8) is 0 Å². The van der Waals surface area contributed by atoms with Crippen LogP contribution in [0.25, 0.3) is 5.95 Å². The lowest BCUT2D eigenvalue weighted by Gasteiger charge is -2.11. The Kier molecular flexibility index (Phi) is 3.94. The van der Waals surface area contributed by atoms with Gasteiger partial charge >= 0.3 is 0 Å². The quantitative estimate of drug-likeness (QED) is 0.841. The van der Waals surface area contributed by atoms with Crippen LogP contribution in [0.2, 0.25) is 5.28 Å². The summed E-state index contributed by atoms with van der Waals surface area (Å²) in [7, 11) is 3.68. The molecule has 0 aliphatic carbocycles. The van der Waals surface area contributed by atoms with Crippen LogP contribution >= 0.6 is 11.6 Å². The first-order chi connectivity index (χ1) is 9.05. The average Bonchev–Trinajstić information content (AvgIpc) is 2.81. The molecule has 19 heavy (non-hydrogen) atoms. The summed E-state index contributed by atoms with van der Waals surface area (Å²) in [6.45, 7) is 4.01. The topological polar surface area (TPSA) is 72.6 Å². The van der Waals surface area contributed by atoms with Gasteiger partial charge in [-0.05, 0) is 11.6 Å². The number of hydrogen-bond donors (Lipinski definition) is 0. The Morgan fingerprint density at radius 1 is 1.05 bits per heavy atom. The monoisotopic (exact) mass is 281 g/mol. The lowest BCUT2D eigenvalue weighted by molar-refractivity contribution is 0.732. The van der Waals surface area contributed by atoms with Gasteiger partial charge in [0.25, 0.3) is 5.95 Å². The van der Waals surface area contributed by atoms with Crippen molar-refractivity contribution in [2.45, 2.75) is 26.7 Å². The SMILES string of the molecule is CCc1nc(CC)n(-c2nc(Cl)nc(N(C)C)n2)n1. The van der Waals surface area contributed by atoms with Gasteiger partial charge in [0.15, 0.2) is 5.82 Å². The van der Waals surface area contributed by atoms with Gasteiger partial charge < -0.3 is 4.90 Å². The number of halogens is 1. The molecule has 7 nitrogen and oxygen atoms in total. The number of nitrogens with zero attached hydrogens (tertiary/aromatic N) is 7. The second-order valence-corrected chi connectivity index (χ2v) is 4.50. The van der Waals surface area contributed by atoms with E-state index in [1.807, 2.05) is 27.9 Å². The van der Waals surface area contributed by atoms with Gasteiger partial charge in [0.05, 0.1) is 0 Å². The molecule has 2 aromatic heterocycles. The normalized spacial score (nSPS) is 10.8. The molecule has 0 fully saturated rings. The average molecular weight is 282 g/mol.